The SMILES string of the molecule is Cc1cc(F)ccc1CC(=O)c1cn(CCN)nn1. The molecule has 0 aliphatic carbocycles. The average molecular weight is 262 g/mol. The number of carbonyl (C=O) groups is 1. The third-order valence-electron chi connectivity index (χ3n) is 2.84. The number of benzene rings is 1. The first-order valence-electron chi connectivity index (χ1n) is 5.98. The Morgan fingerprint density at radius 1 is 1.47 bits per heavy atom. The maximum Gasteiger partial charge on any atom is 0.189 e. The zero-order valence-electron chi connectivity index (χ0n) is 10.6. The van der Waals surface area contributed by atoms with Gasteiger partial charge in [-0.15, -0.1) is 5.10 Å². The van der Waals surface area contributed by atoms with E-state index in [4.69, 9.17) is 5.73 Å². The second kappa shape index (κ2) is 5.71. The second-order valence-corrected chi connectivity index (χ2v) is 4.33. The van der Waals surface area contributed by atoms with E-state index < -0.39 is 0 Å². The van der Waals surface area contributed by atoms with Crippen LogP contribution in [0.1, 0.15) is 21.6 Å². The molecule has 0 radical (unpaired) electrons. The number of Topliss-reactive ketones (excluding diaryl/α,β-unsaturated/α-hetero) is 1. The third-order valence-corrected chi connectivity index (χ3v) is 2.84. The Bertz CT molecular complexity index is 594. The highest BCUT2D eigenvalue weighted by molar-refractivity contribution is 5.95. The topological polar surface area (TPSA) is 73.8 Å². The molecule has 100 valence electrons. The van der Waals surface area contributed by atoms with Crippen LogP contribution in [0.3, 0.4) is 0 Å². The van der Waals surface area contributed by atoms with Gasteiger partial charge in [0.05, 0.1) is 12.7 Å². The van der Waals surface area contributed by atoms with Crippen molar-refractivity contribution in [2.45, 2.75) is 19.9 Å². The van der Waals surface area contributed by atoms with Crippen molar-refractivity contribution in [2.75, 3.05) is 6.54 Å². The van der Waals surface area contributed by atoms with Crippen LogP contribution in [0.15, 0.2) is 24.4 Å². The van der Waals surface area contributed by atoms with Crippen LogP contribution in [-0.2, 0) is 13.0 Å². The summed E-state index contributed by atoms with van der Waals surface area (Å²) in [6.07, 6.45) is 1.77. The molecule has 1 aromatic carbocycles. The van der Waals surface area contributed by atoms with Gasteiger partial charge in [0.15, 0.2) is 5.78 Å². The maximum absolute atomic E-state index is 13.0. The molecule has 5 nitrogen and oxygen atoms in total. The van der Waals surface area contributed by atoms with E-state index in [1.165, 1.54) is 16.8 Å². The van der Waals surface area contributed by atoms with E-state index in [1.54, 1.807) is 19.2 Å². The number of hydrogen-bond donors (Lipinski definition) is 1. The molecule has 2 aromatic rings. The predicted molar refractivity (Wildman–Crippen MR) is 68.2 cm³/mol. The number of nitrogens with zero attached hydrogens (tertiary/aromatic N) is 3. The number of aromatic nitrogens is 3. The summed E-state index contributed by atoms with van der Waals surface area (Å²) < 4.78 is 14.5. The summed E-state index contributed by atoms with van der Waals surface area (Å²) in [5, 5.41) is 7.62. The van der Waals surface area contributed by atoms with Crippen molar-refractivity contribution in [1.82, 2.24) is 15.0 Å². The molecule has 0 unspecified atom stereocenters. The van der Waals surface area contributed by atoms with E-state index in [-0.39, 0.29) is 18.0 Å². The smallest absolute Gasteiger partial charge is 0.189 e. The second-order valence-electron chi connectivity index (χ2n) is 4.33. The van der Waals surface area contributed by atoms with E-state index in [1.807, 2.05) is 0 Å². The van der Waals surface area contributed by atoms with Gasteiger partial charge in [-0.3, -0.25) is 9.48 Å². The van der Waals surface area contributed by atoms with Gasteiger partial charge < -0.3 is 5.73 Å². The van der Waals surface area contributed by atoms with E-state index in [0.717, 1.165) is 11.1 Å². The molecular formula is C13H15FN4O. The zero-order valence-corrected chi connectivity index (χ0v) is 10.6. The van der Waals surface area contributed by atoms with E-state index in [0.29, 0.717) is 18.8 Å². The van der Waals surface area contributed by atoms with E-state index >= 15 is 0 Å². The van der Waals surface area contributed by atoms with Crippen LogP contribution < -0.4 is 5.73 Å². The zero-order chi connectivity index (χ0) is 13.8. The number of rotatable bonds is 5. The molecule has 0 bridgehead atoms. The minimum atomic E-state index is -0.303. The quantitative estimate of drug-likeness (QED) is 0.819. The molecule has 0 aliphatic rings. The van der Waals surface area contributed by atoms with Crippen LogP contribution in [0.2, 0.25) is 0 Å². The van der Waals surface area contributed by atoms with Crippen LogP contribution in [0.5, 0.6) is 0 Å². The fourth-order valence-electron chi connectivity index (χ4n) is 1.79. The minimum Gasteiger partial charge on any atom is -0.329 e. The van der Waals surface area contributed by atoms with Gasteiger partial charge in [-0.1, -0.05) is 11.3 Å². The third kappa shape index (κ3) is 3.23. The number of aryl methyl sites for hydroxylation is 1. The van der Waals surface area contributed by atoms with E-state index in [2.05, 4.69) is 10.3 Å². The molecule has 0 fully saturated rings. The predicted octanol–water partition coefficient (Wildman–Crippen LogP) is 1.11. The van der Waals surface area contributed by atoms with Crippen molar-refractivity contribution < 1.29 is 9.18 Å². The van der Waals surface area contributed by atoms with Crippen LogP contribution in [0, 0.1) is 12.7 Å². The van der Waals surface area contributed by atoms with Crippen molar-refractivity contribution >= 4 is 5.78 Å². The summed E-state index contributed by atoms with van der Waals surface area (Å²) in [4.78, 5) is 12.0. The number of carbonyl (C=O) groups excluding carboxylic acids is 1. The standard InChI is InChI=1S/C13H15FN4O/c1-9-6-11(14)3-2-10(9)7-13(19)12-8-18(5-4-15)17-16-12/h2-3,6,8H,4-5,7,15H2,1H3. The summed E-state index contributed by atoms with van der Waals surface area (Å²) in [6.45, 7) is 2.74. The number of nitrogens with two attached hydrogens (primary N) is 1. The van der Waals surface area contributed by atoms with Crippen LogP contribution in [0.25, 0.3) is 0 Å². The van der Waals surface area contributed by atoms with Gasteiger partial charge in [-0.25, -0.2) is 4.39 Å². The van der Waals surface area contributed by atoms with Gasteiger partial charge in [-0.05, 0) is 30.2 Å². The Morgan fingerprint density at radius 2 is 2.26 bits per heavy atom. The molecule has 0 saturated heterocycles. The van der Waals surface area contributed by atoms with Crippen molar-refractivity contribution in [3.8, 4) is 0 Å². The van der Waals surface area contributed by atoms with Crippen LogP contribution in [0.4, 0.5) is 4.39 Å². The molecule has 19 heavy (non-hydrogen) atoms. The van der Waals surface area contributed by atoms with Gasteiger partial charge in [0.25, 0.3) is 0 Å². The minimum absolute atomic E-state index is 0.141. The lowest BCUT2D eigenvalue weighted by molar-refractivity contribution is 0.0988. The highest BCUT2D eigenvalue weighted by Crippen LogP contribution is 2.12. The molecule has 0 spiro atoms. The van der Waals surface area contributed by atoms with Crippen molar-refractivity contribution in [1.29, 1.82) is 0 Å². The lowest BCUT2D eigenvalue weighted by atomic mass is 10.0. The molecule has 1 heterocycles. The molecule has 2 N–H and O–H groups in total. The molecule has 0 aliphatic heterocycles. The normalized spacial score (nSPS) is 10.7. The molecule has 2 rings (SSSR count). The first-order chi connectivity index (χ1) is 9.10. The van der Waals surface area contributed by atoms with E-state index in [9.17, 15) is 9.18 Å². The lowest BCUT2D eigenvalue weighted by Crippen LogP contribution is -2.10. The Morgan fingerprint density at radius 3 is 2.95 bits per heavy atom. The highest BCUT2D eigenvalue weighted by atomic mass is 19.1. The molecule has 0 amide bonds. The monoisotopic (exact) mass is 262 g/mol. The van der Waals surface area contributed by atoms with Crippen LogP contribution in [-0.4, -0.2) is 27.3 Å². The lowest BCUT2D eigenvalue weighted by Gasteiger charge is -2.03. The molecule has 0 saturated carbocycles. The first kappa shape index (κ1) is 13.4. The molecule has 1 aromatic heterocycles. The first-order valence-corrected chi connectivity index (χ1v) is 5.98. The van der Waals surface area contributed by atoms with Crippen LogP contribution >= 0.6 is 0 Å². The molecule has 0 atom stereocenters. The van der Waals surface area contributed by atoms with Crippen molar-refractivity contribution in [3.05, 3.63) is 47.0 Å². The van der Waals surface area contributed by atoms with Gasteiger partial charge in [0, 0.05) is 13.0 Å². The summed E-state index contributed by atoms with van der Waals surface area (Å²) in [7, 11) is 0. The Kier molecular flexibility index (Phi) is 4.01. The largest absolute Gasteiger partial charge is 0.329 e. The molecule has 6 heteroatoms. The fourth-order valence-corrected chi connectivity index (χ4v) is 1.79. The number of halogens is 1. The fraction of sp³-hybridized carbons (Fsp3) is 0.308. The molecular weight excluding hydrogens is 247 g/mol. The summed E-state index contributed by atoms with van der Waals surface area (Å²) in [5.41, 5.74) is 7.24. The van der Waals surface area contributed by atoms with Gasteiger partial charge in [0.1, 0.15) is 11.5 Å². The van der Waals surface area contributed by atoms with Crippen molar-refractivity contribution in [2.24, 2.45) is 5.73 Å². The van der Waals surface area contributed by atoms with Gasteiger partial charge in [0.2, 0.25) is 0 Å². The number of hydrogen-bond acceptors (Lipinski definition) is 4. The summed E-state index contributed by atoms with van der Waals surface area (Å²) >= 11 is 0. The Hall–Kier alpha value is -2.08. The highest BCUT2D eigenvalue weighted by Gasteiger charge is 2.13. The summed E-state index contributed by atoms with van der Waals surface area (Å²) in [6, 6.07) is 4.38. The van der Waals surface area contributed by atoms with Gasteiger partial charge >= 0.3 is 0 Å². The van der Waals surface area contributed by atoms with Crippen molar-refractivity contribution in [3.63, 3.8) is 0 Å². The Balaban J connectivity index is 2.11. The Labute approximate surface area is 110 Å². The summed E-state index contributed by atoms with van der Waals surface area (Å²) in [5.74, 6) is -0.444. The average Bonchev–Trinajstić information content (AvgIpc) is 2.82. The number of ketones is 1. The maximum atomic E-state index is 13.0. The van der Waals surface area contributed by atoms with Gasteiger partial charge in [-0.2, -0.15) is 0 Å².